The van der Waals surface area contributed by atoms with Crippen molar-refractivity contribution >= 4 is 17.3 Å². The van der Waals surface area contributed by atoms with Gasteiger partial charge in [0.05, 0.1) is 5.69 Å². The molecule has 0 aromatic carbocycles. The number of aromatic nitrogens is 1. The van der Waals surface area contributed by atoms with Crippen LogP contribution < -0.4 is 5.32 Å². The SMILES string of the molecule is Cc1ccnc(Cl)c1NC1CCCC(C(C)C)CC1. The summed E-state index contributed by atoms with van der Waals surface area (Å²) in [6, 6.07) is 2.56. The van der Waals surface area contributed by atoms with Gasteiger partial charge < -0.3 is 5.32 Å². The minimum Gasteiger partial charge on any atom is -0.380 e. The van der Waals surface area contributed by atoms with Crippen LogP contribution in [0.25, 0.3) is 0 Å². The van der Waals surface area contributed by atoms with E-state index in [1.54, 1.807) is 6.20 Å². The number of nitrogens with zero attached hydrogens (tertiary/aromatic N) is 1. The lowest BCUT2D eigenvalue weighted by molar-refractivity contribution is 0.341. The average molecular weight is 281 g/mol. The molecule has 1 heterocycles. The van der Waals surface area contributed by atoms with E-state index in [2.05, 4.69) is 31.1 Å². The number of pyridine rings is 1. The zero-order chi connectivity index (χ0) is 13.8. The van der Waals surface area contributed by atoms with Crippen molar-refractivity contribution in [3.63, 3.8) is 0 Å². The Kier molecular flexibility index (Phi) is 5.09. The van der Waals surface area contributed by atoms with E-state index in [1.165, 1.54) is 37.7 Å². The minimum absolute atomic E-state index is 0.546. The summed E-state index contributed by atoms with van der Waals surface area (Å²) in [5, 5.41) is 4.22. The Balaban J connectivity index is 2.00. The van der Waals surface area contributed by atoms with Gasteiger partial charge in [-0.2, -0.15) is 0 Å². The molecule has 1 N–H and O–H groups in total. The van der Waals surface area contributed by atoms with Gasteiger partial charge >= 0.3 is 0 Å². The van der Waals surface area contributed by atoms with E-state index in [1.807, 2.05) is 6.07 Å². The quantitative estimate of drug-likeness (QED) is 0.618. The number of rotatable bonds is 3. The normalized spacial score (nSPS) is 24.3. The summed E-state index contributed by atoms with van der Waals surface area (Å²) in [5.74, 6) is 1.69. The summed E-state index contributed by atoms with van der Waals surface area (Å²) in [5.41, 5.74) is 2.21. The second-order valence-electron chi connectivity index (χ2n) is 6.15. The van der Waals surface area contributed by atoms with Crippen LogP contribution in [0.15, 0.2) is 12.3 Å². The zero-order valence-electron chi connectivity index (χ0n) is 12.2. The van der Waals surface area contributed by atoms with Crippen molar-refractivity contribution in [1.29, 1.82) is 0 Å². The Morgan fingerprint density at radius 1 is 1.26 bits per heavy atom. The van der Waals surface area contributed by atoms with Gasteiger partial charge in [-0.05, 0) is 49.7 Å². The van der Waals surface area contributed by atoms with E-state index < -0.39 is 0 Å². The van der Waals surface area contributed by atoms with Gasteiger partial charge in [0.1, 0.15) is 0 Å². The van der Waals surface area contributed by atoms with Crippen LogP contribution in [-0.4, -0.2) is 11.0 Å². The second-order valence-corrected chi connectivity index (χ2v) is 6.51. The smallest absolute Gasteiger partial charge is 0.152 e. The molecule has 0 aliphatic heterocycles. The van der Waals surface area contributed by atoms with E-state index in [0.29, 0.717) is 11.2 Å². The van der Waals surface area contributed by atoms with Crippen LogP contribution in [0, 0.1) is 18.8 Å². The monoisotopic (exact) mass is 280 g/mol. The van der Waals surface area contributed by atoms with Crippen LogP contribution in [0.5, 0.6) is 0 Å². The molecule has 2 nitrogen and oxygen atoms in total. The average Bonchev–Trinajstić information content (AvgIpc) is 2.59. The molecule has 1 aromatic heterocycles. The molecule has 2 atom stereocenters. The fourth-order valence-corrected chi connectivity index (χ4v) is 3.30. The lowest BCUT2D eigenvalue weighted by Gasteiger charge is -2.21. The second kappa shape index (κ2) is 6.60. The predicted octanol–water partition coefficient (Wildman–Crippen LogP) is 5.06. The molecule has 3 heteroatoms. The zero-order valence-corrected chi connectivity index (χ0v) is 13.0. The maximum absolute atomic E-state index is 6.20. The molecular weight excluding hydrogens is 256 g/mol. The number of hydrogen-bond donors (Lipinski definition) is 1. The van der Waals surface area contributed by atoms with Gasteiger partial charge in [-0.15, -0.1) is 0 Å². The lowest BCUT2D eigenvalue weighted by atomic mass is 9.89. The first-order chi connectivity index (χ1) is 9.08. The molecule has 1 fully saturated rings. The molecule has 0 spiro atoms. The van der Waals surface area contributed by atoms with Crippen molar-refractivity contribution in [3.8, 4) is 0 Å². The van der Waals surface area contributed by atoms with Crippen LogP contribution >= 0.6 is 11.6 Å². The van der Waals surface area contributed by atoms with Crippen LogP contribution in [0.2, 0.25) is 5.15 Å². The fourth-order valence-electron chi connectivity index (χ4n) is 3.04. The molecule has 1 aliphatic rings. The Hall–Kier alpha value is -0.760. The lowest BCUT2D eigenvalue weighted by Crippen LogP contribution is -2.20. The number of hydrogen-bond acceptors (Lipinski definition) is 2. The van der Waals surface area contributed by atoms with Gasteiger partial charge in [0, 0.05) is 12.2 Å². The van der Waals surface area contributed by atoms with Crippen LogP contribution in [0.1, 0.15) is 51.5 Å². The van der Waals surface area contributed by atoms with Gasteiger partial charge in [-0.1, -0.05) is 38.3 Å². The molecule has 19 heavy (non-hydrogen) atoms. The largest absolute Gasteiger partial charge is 0.380 e. The van der Waals surface area contributed by atoms with Crippen molar-refractivity contribution in [1.82, 2.24) is 4.98 Å². The Morgan fingerprint density at radius 2 is 2.05 bits per heavy atom. The number of anilines is 1. The minimum atomic E-state index is 0.546. The Bertz CT molecular complexity index is 397. The van der Waals surface area contributed by atoms with Crippen molar-refractivity contribution in [2.45, 2.75) is 58.9 Å². The molecule has 0 amide bonds. The van der Waals surface area contributed by atoms with Gasteiger partial charge in [-0.3, -0.25) is 0 Å². The van der Waals surface area contributed by atoms with Crippen LogP contribution in [0.4, 0.5) is 5.69 Å². The molecule has 2 unspecified atom stereocenters. The third-order valence-electron chi connectivity index (χ3n) is 4.42. The van der Waals surface area contributed by atoms with Crippen LogP contribution in [0.3, 0.4) is 0 Å². The first-order valence-corrected chi connectivity index (χ1v) is 7.83. The van der Waals surface area contributed by atoms with E-state index in [0.717, 1.165) is 17.5 Å². The summed E-state index contributed by atoms with van der Waals surface area (Å²) >= 11 is 6.20. The highest BCUT2D eigenvalue weighted by molar-refractivity contribution is 6.32. The highest BCUT2D eigenvalue weighted by atomic mass is 35.5. The van der Waals surface area contributed by atoms with E-state index in [4.69, 9.17) is 11.6 Å². The molecule has 0 saturated heterocycles. The topological polar surface area (TPSA) is 24.9 Å². The Morgan fingerprint density at radius 3 is 2.74 bits per heavy atom. The highest BCUT2D eigenvalue weighted by Crippen LogP contribution is 2.32. The maximum Gasteiger partial charge on any atom is 0.152 e. The van der Waals surface area contributed by atoms with Gasteiger partial charge in [0.25, 0.3) is 0 Å². The molecule has 0 bridgehead atoms. The molecular formula is C16H25ClN2. The van der Waals surface area contributed by atoms with E-state index >= 15 is 0 Å². The third-order valence-corrected chi connectivity index (χ3v) is 4.70. The molecule has 1 aliphatic carbocycles. The van der Waals surface area contributed by atoms with Crippen molar-refractivity contribution in [2.24, 2.45) is 11.8 Å². The third kappa shape index (κ3) is 3.85. The maximum atomic E-state index is 6.20. The summed E-state index contributed by atoms with van der Waals surface area (Å²) in [7, 11) is 0. The fraction of sp³-hybridized carbons (Fsp3) is 0.688. The summed E-state index contributed by atoms with van der Waals surface area (Å²) < 4.78 is 0. The summed E-state index contributed by atoms with van der Waals surface area (Å²) in [6.07, 6.45) is 8.27. The highest BCUT2D eigenvalue weighted by Gasteiger charge is 2.21. The number of nitrogens with one attached hydrogen (secondary N) is 1. The van der Waals surface area contributed by atoms with Crippen molar-refractivity contribution in [2.75, 3.05) is 5.32 Å². The molecule has 106 valence electrons. The molecule has 1 saturated carbocycles. The Labute approximate surface area is 122 Å². The number of halogens is 1. The van der Waals surface area contributed by atoms with Crippen molar-refractivity contribution in [3.05, 3.63) is 23.0 Å². The van der Waals surface area contributed by atoms with Crippen LogP contribution in [-0.2, 0) is 0 Å². The van der Waals surface area contributed by atoms with Gasteiger partial charge in [0.2, 0.25) is 0 Å². The van der Waals surface area contributed by atoms with E-state index in [9.17, 15) is 0 Å². The summed E-state index contributed by atoms with van der Waals surface area (Å²) in [6.45, 7) is 6.78. The first kappa shape index (κ1) is 14.6. The van der Waals surface area contributed by atoms with Gasteiger partial charge in [-0.25, -0.2) is 4.98 Å². The molecule has 1 aromatic rings. The van der Waals surface area contributed by atoms with Gasteiger partial charge in [0.15, 0.2) is 5.15 Å². The molecule has 2 rings (SSSR count). The summed E-state index contributed by atoms with van der Waals surface area (Å²) in [4.78, 5) is 4.17. The first-order valence-electron chi connectivity index (χ1n) is 7.45. The predicted molar refractivity (Wildman–Crippen MR) is 82.8 cm³/mol. The standard InChI is InChI=1S/C16H25ClN2/c1-11(2)13-5-4-6-14(8-7-13)19-15-12(3)9-10-18-16(15)17/h9-11,13-14,19H,4-8H2,1-3H3. The van der Waals surface area contributed by atoms with E-state index in [-0.39, 0.29) is 0 Å². The van der Waals surface area contributed by atoms with Crippen molar-refractivity contribution < 1.29 is 0 Å². The number of aryl methyl sites for hydroxylation is 1. The molecule has 0 radical (unpaired) electrons.